The molecule has 0 radical (unpaired) electrons. The third kappa shape index (κ3) is 6.39. The summed E-state index contributed by atoms with van der Waals surface area (Å²) in [4.78, 5) is 5.33. The topological polar surface area (TPSA) is 22.1 Å². The molecule has 0 bridgehead atoms. The Balaban J connectivity index is 2.46. The number of hydrogen-bond acceptors (Lipinski definition) is 3. The molecule has 180 valence electrons. The first kappa shape index (κ1) is 27.8. The van der Waals surface area contributed by atoms with Gasteiger partial charge in [0, 0.05) is 0 Å². The van der Waals surface area contributed by atoms with Crippen LogP contribution in [0.5, 0.6) is 0 Å². The van der Waals surface area contributed by atoms with Crippen molar-refractivity contribution in [1.82, 2.24) is 4.98 Å². The van der Waals surface area contributed by atoms with Crippen LogP contribution in [0.15, 0.2) is 0 Å². The molecule has 2 nitrogen and oxygen atoms in total. The Labute approximate surface area is 203 Å². The van der Waals surface area contributed by atoms with Crippen molar-refractivity contribution in [3.05, 3.63) is 10.7 Å². The Bertz CT molecular complexity index is 668. The zero-order valence-electron chi connectivity index (χ0n) is 22.2. The normalized spacial score (nSPS) is 17.1. The van der Waals surface area contributed by atoms with Crippen LogP contribution in [-0.4, -0.2) is 31.7 Å². The second-order valence-corrected chi connectivity index (χ2v) is 31.5. The van der Waals surface area contributed by atoms with Crippen LogP contribution in [-0.2, 0) is 10.0 Å². The van der Waals surface area contributed by atoms with Crippen LogP contribution >= 0.6 is 11.3 Å². The van der Waals surface area contributed by atoms with E-state index in [0.29, 0.717) is 0 Å². The number of rotatable bonds is 13. The molecule has 0 unspecified atom stereocenters. The minimum absolute atomic E-state index is 0.0748. The van der Waals surface area contributed by atoms with E-state index in [1.807, 2.05) is 2.89 Å². The van der Waals surface area contributed by atoms with Crippen molar-refractivity contribution in [2.24, 2.45) is 0 Å². The zero-order chi connectivity index (χ0) is 23.3. The van der Waals surface area contributed by atoms with Crippen LogP contribution in [0.2, 0.25) is 31.4 Å². The van der Waals surface area contributed by atoms with Gasteiger partial charge in [-0.1, -0.05) is 0 Å². The predicted octanol–water partition coefficient (Wildman–Crippen LogP) is 8.91. The van der Waals surface area contributed by atoms with Crippen molar-refractivity contribution < 1.29 is 4.43 Å². The molecule has 2 rings (SSSR count). The predicted molar refractivity (Wildman–Crippen MR) is 145 cm³/mol. The first-order valence-corrected chi connectivity index (χ1v) is 24.4. The zero-order valence-corrected chi connectivity index (χ0v) is 26.9. The number of hydrogen-bond donors (Lipinski definition) is 0. The van der Waals surface area contributed by atoms with E-state index in [1.54, 1.807) is 0 Å². The van der Waals surface area contributed by atoms with E-state index >= 15 is 0 Å². The fourth-order valence-corrected chi connectivity index (χ4v) is 27.7. The van der Waals surface area contributed by atoms with Gasteiger partial charge in [0.15, 0.2) is 0 Å². The van der Waals surface area contributed by atoms with Gasteiger partial charge < -0.3 is 0 Å². The second-order valence-electron chi connectivity index (χ2n) is 11.7. The molecule has 1 aliphatic rings. The molecule has 0 aliphatic heterocycles. The third-order valence-corrected chi connectivity index (χ3v) is 32.6. The number of aromatic nitrogens is 1. The summed E-state index contributed by atoms with van der Waals surface area (Å²) in [6, 6.07) is 0. The quantitative estimate of drug-likeness (QED) is 0.220. The van der Waals surface area contributed by atoms with E-state index in [9.17, 15) is 0 Å². The summed E-state index contributed by atoms with van der Waals surface area (Å²) in [7, 11) is -1.83. The SMILES string of the molecule is CCC[CH2][Sn]([CH2]CCC)([CH2]CCC)[c]1sc(C2(O[Si](C)(C)C(C)(C)C)CCC2)nc1C. The number of unbranched alkanes of at least 4 members (excludes halogenated alkanes) is 3. The van der Waals surface area contributed by atoms with Gasteiger partial charge in [0.05, 0.1) is 0 Å². The fourth-order valence-electron chi connectivity index (χ4n) is 4.84. The van der Waals surface area contributed by atoms with Gasteiger partial charge in [0.1, 0.15) is 0 Å². The van der Waals surface area contributed by atoms with Gasteiger partial charge in [-0.3, -0.25) is 0 Å². The Hall–Kier alpha value is 0.606. The van der Waals surface area contributed by atoms with Gasteiger partial charge >= 0.3 is 204 Å². The van der Waals surface area contributed by atoms with Gasteiger partial charge in [-0.2, -0.15) is 0 Å². The molecule has 1 saturated carbocycles. The molecular weight excluding hydrogens is 521 g/mol. The van der Waals surface area contributed by atoms with Gasteiger partial charge in [0.2, 0.25) is 0 Å². The monoisotopic (exact) mass is 573 g/mol. The maximum atomic E-state index is 7.15. The van der Waals surface area contributed by atoms with E-state index < -0.39 is 26.7 Å². The summed E-state index contributed by atoms with van der Waals surface area (Å²) in [5.74, 6) is 0. The summed E-state index contributed by atoms with van der Waals surface area (Å²) in [6.07, 6.45) is 11.9. The summed E-state index contributed by atoms with van der Waals surface area (Å²) in [5, 5.41) is 1.60. The van der Waals surface area contributed by atoms with Crippen LogP contribution in [0, 0.1) is 6.92 Å². The van der Waals surface area contributed by atoms with Crippen molar-refractivity contribution in [3.63, 3.8) is 0 Å². The van der Waals surface area contributed by atoms with Crippen LogP contribution in [0.3, 0.4) is 0 Å². The average molecular weight is 573 g/mol. The van der Waals surface area contributed by atoms with E-state index in [-0.39, 0.29) is 10.6 Å². The molecule has 1 aromatic rings. The third-order valence-electron chi connectivity index (χ3n) is 8.11. The summed E-state index contributed by atoms with van der Waals surface area (Å²) in [6.45, 7) is 21.4. The van der Waals surface area contributed by atoms with Crippen molar-refractivity contribution >= 4 is 40.9 Å². The second kappa shape index (κ2) is 11.4. The van der Waals surface area contributed by atoms with E-state index in [0.717, 1.165) is 0 Å². The molecule has 0 atom stereocenters. The Morgan fingerprint density at radius 1 is 0.968 bits per heavy atom. The molecule has 1 heterocycles. The van der Waals surface area contributed by atoms with Crippen molar-refractivity contribution in [2.75, 3.05) is 0 Å². The standard InChI is InChI=1S/C14H24NOSSi.3C4H9.Sn/c1-11-10-17-12(15-11)14(8-7-9-14)16-18(5,6)13(2,3)4;3*1-3-4-2;/h7-9H2,1-6H3;3*1,3-4H2,2H3;. The van der Waals surface area contributed by atoms with Gasteiger partial charge in [-0.05, 0) is 0 Å². The van der Waals surface area contributed by atoms with Crippen LogP contribution in [0.1, 0.15) is 110 Å². The first-order valence-electron chi connectivity index (χ1n) is 13.2. The molecule has 0 aromatic carbocycles. The Kier molecular flexibility index (Phi) is 10.2. The number of thiazole rings is 1. The molecule has 31 heavy (non-hydrogen) atoms. The van der Waals surface area contributed by atoms with Gasteiger partial charge in [-0.25, -0.2) is 0 Å². The number of nitrogens with zero attached hydrogens (tertiary/aromatic N) is 1. The molecule has 0 N–H and O–H groups in total. The molecule has 1 aliphatic carbocycles. The van der Waals surface area contributed by atoms with Crippen LogP contribution < -0.4 is 2.89 Å². The van der Waals surface area contributed by atoms with Gasteiger partial charge in [-0.15, -0.1) is 0 Å². The van der Waals surface area contributed by atoms with Gasteiger partial charge in [0.25, 0.3) is 0 Å². The Morgan fingerprint density at radius 2 is 1.45 bits per heavy atom. The van der Waals surface area contributed by atoms with Crippen molar-refractivity contribution in [1.29, 1.82) is 0 Å². The Morgan fingerprint density at radius 3 is 1.81 bits per heavy atom. The molecule has 1 aromatic heterocycles. The summed E-state index contributed by atoms with van der Waals surface area (Å²) < 4.78 is 13.6. The minimum atomic E-state index is -2.45. The molecule has 5 heteroatoms. The van der Waals surface area contributed by atoms with E-state index in [4.69, 9.17) is 9.41 Å². The fraction of sp³-hybridized carbons (Fsp3) is 0.885. The van der Waals surface area contributed by atoms with E-state index in [2.05, 4.69) is 72.9 Å². The molecular formula is C26H51NOSSiSn. The molecule has 0 saturated heterocycles. The first-order chi connectivity index (χ1) is 14.5. The summed E-state index contributed by atoms with van der Waals surface area (Å²) in [5.41, 5.74) is 1.32. The van der Waals surface area contributed by atoms with Crippen molar-refractivity contribution in [2.45, 2.75) is 143 Å². The molecule has 0 amide bonds. The maximum absolute atomic E-state index is 7.15. The summed E-state index contributed by atoms with van der Waals surface area (Å²) >= 11 is -0.316. The average Bonchev–Trinajstić information content (AvgIpc) is 3.06. The molecule has 0 spiro atoms. The molecule has 1 fully saturated rings. The number of aryl methyl sites for hydroxylation is 1. The van der Waals surface area contributed by atoms with E-state index in [1.165, 1.54) is 81.8 Å². The van der Waals surface area contributed by atoms with Crippen molar-refractivity contribution in [3.8, 4) is 0 Å². The van der Waals surface area contributed by atoms with Crippen LogP contribution in [0.25, 0.3) is 0 Å². The van der Waals surface area contributed by atoms with Crippen LogP contribution in [0.4, 0.5) is 0 Å².